The molecule has 1 N–H and O–H groups in total. The normalized spacial score (nSPS) is 17.1. The summed E-state index contributed by atoms with van der Waals surface area (Å²) < 4.78 is 23.8. The Bertz CT molecular complexity index is 758. The number of halogens is 2. The first-order valence-corrected chi connectivity index (χ1v) is 8.94. The zero-order valence-corrected chi connectivity index (χ0v) is 15.7. The van der Waals surface area contributed by atoms with Crippen LogP contribution in [0.15, 0.2) is 36.4 Å². The summed E-state index contributed by atoms with van der Waals surface area (Å²) in [5.74, 6) is 1.01. The number of methoxy groups -OCH3 is 2. The minimum absolute atomic E-state index is 0.293. The minimum atomic E-state index is -0.911. The van der Waals surface area contributed by atoms with E-state index in [4.69, 9.17) is 21.1 Å². The molecule has 1 aliphatic heterocycles. The van der Waals surface area contributed by atoms with E-state index in [9.17, 15) is 9.50 Å². The monoisotopic (exact) mass is 379 g/mol. The first-order chi connectivity index (χ1) is 12.4. The van der Waals surface area contributed by atoms with Crippen molar-refractivity contribution in [3.8, 4) is 11.5 Å². The molecule has 1 saturated heterocycles. The number of hydrogen-bond donors (Lipinski definition) is 1. The number of benzene rings is 2. The maximum atomic E-state index is 13.1. The zero-order valence-electron chi connectivity index (χ0n) is 15.0. The molecule has 1 fully saturated rings. The average molecular weight is 380 g/mol. The first kappa shape index (κ1) is 19.0. The zero-order chi connectivity index (χ0) is 18.7. The second-order valence-electron chi connectivity index (χ2n) is 6.61. The molecule has 2 aromatic rings. The lowest BCUT2D eigenvalue weighted by atomic mass is 9.84. The molecule has 0 aromatic heterocycles. The lowest BCUT2D eigenvalue weighted by Gasteiger charge is -2.38. The molecule has 1 aliphatic rings. The van der Waals surface area contributed by atoms with Crippen LogP contribution in [-0.2, 0) is 12.1 Å². The smallest absolute Gasteiger partial charge is 0.141 e. The molecule has 6 heteroatoms. The highest BCUT2D eigenvalue weighted by molar-refractivity contribution is 6.32. The van der Waals surface area contributed by atoms with E-state index < -0.39 is 5.60 Å². The van der Waals surface area contributed by atoms with Gasteiger partial charge < -0.3 is 14.6 Å². The van der Waals surface area contributed by atoms with Gasteiger partial charge in [-0.15, -0.1) is 0 Å². The predicted octanol–water partition coefficient (Wildman–Crippen LogP) is 3.98. The van der Waals surface area contributed by atoms with Gasteiger partial charge in [0.05, 0.1) is 24.8 Å². The molecule has 1 heterocycles. The van der Waals surface area contributed by atoms with E-state index in [-0.39, 0.29) is 5.82 Å². The van der Waals surface area contributed by atoms with E-state index in [1.54, 1.807) is 32.4 Å². The highest BCUT2D eigenvalue weighted by Crippen LogP contribution is 2.36. The number of rotatable bonds is 5. The lowest BCUT2D eigenvalue weighted by Crippen LogP contribution is -2.42. The van der Waals surface area contributed by atoms with Gasteiger partial charge in [0.2, 0.25) is 0 Å². The molecule has 0 aliphatic carbocycles. The fourth-order valence-electron chi connectivity index (χ4n) is 3.42. The second kappa shape index (κ2) is 7.82. The quantitative estimate of drug-likeness (QED) is 0.853. The van der Waals surface area contributed by atoms with E-state index in [1.165, 1.54) is 12.1 Å². The van der Waals surface area contributed by atoms with Crippen molar-refractivity contribution in [1.82, 2.24) is 4.90 Å². The van der Waals surface area contributed by atoms with E-state index in [0.717, 1.165) is 30.0 Å². The highest BCUT2D eigenvalue weighted by atomic mass is 35.5. The summed E-state index contributed by atoms with van der Waals surface area (Å²) in [4.78, 5) is 2.25. The molecule has 0 bridgehead atoms. The lowest BCUT2D eigenvalue weighted by molar-refractivity contribution is -0.0278. The number of piperidine rings is 1. The van der Waals surface area contributed by atoms with Crippen molar-refractivity contribution in [3.05, 3.63) is 58.4 Å². The van der Waals surface area contributed by atoms with Crippen molar-refractivity contribution in [3.63, 3.8) is 0 Å². The third-order valence-electron chi connectivity index (χ3n) is 5.01. The van der Waals surface area contributed by atoms with Gasteiger partial charge in [-0.2, -0.15) is 0 Å². The van der Waals surface area contributed by atoms with Crippen LogP contribution in [0.4, 0.5) is 4.39 Å². The van der Waals surface area contributed by atoms with E-state index in [1.807, 2.05) is 6.07 Å². The topological polar surface area (TPSA) is 41.9 Å². The molecule has 0 amide bonds. The summed E-state index contributed by atoms with van der Waals surface area (Å²) in [6.07, 6.45) is 1.18. The molecule has 3 rings (SSSR count). The van der Waals surface area contributed by atoms with Crippen molar-refractivity contribution in [2.24, 2.45) is 0 Å². The second-order valence-corrected chi connectivity index (χ2v) is 7.02. The summed E-state index contributed by atoms with van der Waals surface area (Å²) in [7, 11) is 3.19. The van der Waals surface area contributed by atoms with Crippen molar-refractivity contribution in [2.75, 3.05) is 27.3 Å². The van der Waals surface area contributed by atoms with Crippen molar-refractivity contribution < 1.29 is 19.0 Å². The number of likely N-dealkylation sites (tertiary alicyclic amines) is 1. The van der Waals surface area contributed by atoms with E-state index in [0.29, 0.717) is 30.2 Å². The van der Waals surface area contributed by atoms with Gasteiger partial charge in [0.1, 0.15) is 17.3 Å². The van der Waals surface area contributed by atoms with Gasteiger partial charge in [-0.3, -0.25) is 4.90 Å². The van der Waals surface area contributed by atoms with Gasteiger partial charge in [0, 0.05) is 31.3 Å². The number of ether oxygens (including phenoxy) is 2. The summed E-state index contributed by atoms with van der Waals surface area (Å²) in [6, 6.07) is 9.76. The van der Waals surface area contributed by atoms with Crippen LogP contribution >= 0.6 is 11.6 Å². The number of nitrogens with zero attached hydrogens (tertiary/aromatic N) is 1. The van der Waals surface area contributed by atoms with Crippen molar-refractivity contribution in [2.45, 2.75) is 25.0 Å². The molecule has 4 nitrogen and oxygen atoms in total. The van der Waals surface area contributed by atoms with Gasteiger partial charge in [0.25, 0.3) is 0 Å². The Morgan fingerprint density at radius 2 is 1.69 bits per heavy atom. The average Bonchev–Trinajstić information content (AvgIpc) is 2.64. The maximum Gasteiger partial charge on any atom is 0.141 e. The number of hydrogen-bond acceptors (Lipinski definition) is 4. The summed E-state index contributed by atoms with van der Waals surface area (Å²) in [5, 5.41) is 11.5. The van der Waals surface area contributed by atoms with E-state index >= 15 is 0 Å². The standard InChI is InChI=1S/C20H23ClFNO3/c1-25-18-12-19(26-2)17(21)11-14(18)13-23-9-7-20(24,8-10-23)15-3-5-16(22)6-4-15/h3-6,11-12,24H,7-10,13H2,1-2H3. The Kier molecular flexibility index (Phi) is 5.70. The van der Waals surface area contributed by atoms with Crippen LogP contribution in [0.1, 0.15) is 24.0 Å². The van der Waals surface area contributed by atoms with Crippen LogP contribution in [0.3, 0.4) is 0 Å². The Morgan fingerprint density at radius 3 is 2.27 bits per heavy atom. The largest absolute Gasteiger partial charge is 0.496 e. The molecule has 0 radical (unpaired) electrons. The van der Waals surface area contributed by atoms with Gasteiger partial charge in [0.15, 0.2) is 0 Å². The Hall–Kier alpha value is -1.82. The fourth-order valence-corrected chi connectivity index (χ4v) is 3.68. The minimum Gasteiger partial charge on any atom is -0.496 e. The first-order valence-electron chi connectivity index (χ1n) is 8.56. The molecule has 0 atom stereocenters. The Labute approximate surface area is 158 Å². The highest BCUT2D eigenvalue weighted by Gasteiger charge is 2.34. The van der Waals surface area contributed by atoms with Crippen LogP contribution in [0.5, 0.6) is 11.5 Å². The van der Waals surface area contributed by atoms with Crippen LogP contribution in [-0.4, -0.2) is 37.3 Å². The fraction of sp³-hybridized carbons (Fsp3) is 0.400. The molecule has 0 saturated carbocycles. The van der Waals surface area contributed by atoms with Gasteiger partial charge in [-0.25, -0.2) is 4.39 Å². The third kappa shape index (κ3) is 3.95. The third-order valence-corrected chi connectivity index (χ3v) is 5.31. The number of aliphatic hydroxyl groups is 1. The molecule has 0 unspecified atom stereocenters. The van der Waals surface area contributed by atoms with Crippen LogP contribution in [0, 0.1) is 5.82 Å². The summed E-state index contributed by atoms with van der Waals surface area (Å²) >= 11 is 6.24. The van der Waals surface area contributed by atoms with Gasteiger partial charge in [-0.05, 0) is 36.6 Å². The van der Waals surface area contributed by atoms with Crippen LogP contribution in [0.25, 0.3) is 0 Å². The summed E-state index contributed by atoms with van der Waals surface area (Å²) in [5.41, 5.74) is 0.834. The van der Waals surface area contributed by atoms with Crippen molar-refractivity contribution in [1.29, 1.82) is 0 Å². The van der Waals surface area contributed by atoms with Gasteiger partial charge in [-0.1, -0.05) is 23.7 Å². The van der Waals surface area contributed by atoms with Crippen molar-refractivity contribution >= 4 is 11.6 Å². The Balaban J connectivity index is 1.69. The van der Waals surface area contributed by atoms with Gasteiger partial charge >= 0.3 is 0 Å². The molecule has 2 aromatic carbocycles. The maximum absolute atomic E-state index is 13.1. The molecular formula is C20H23ClFNO3. The Morgan fingerprint density at radius 1 is 1.08 bits per heavy atom. The van der Waals surface area contributed by atoms with E-state index in [2.05, 4.69) is 4.90 Å². The molecule has 0 spiro atoms. The SMILES string of the molecule is COc1cc(OC)c(CN2CCC(O)(c3ccc(F)cc3)CC2)cc1Cl. The van der Waals surface area contributed by atoms with Crippen LogP contribution in [0.2, 0.25) is 5.02 Å². The molecule has 26 heavy (non-hydrogen) atoms. The molecular weight excluding hydrogens is 357 g/mol. The predicted molar refractivity (Wildman–Crippen MR) is 99.4 cm³/mol. The molecule has 140 valence electrons. The van der Waals surface area contributed by atoms with Crippen LogP contribution < -0.4 is 9.47 Å². The summed E-state index contributed by atoms with van der Waals surface area (Å²) in [6.45, 7) is 2.12.